The Morgan fingerprint density at radius 3 is 2.38 bits per heavy atom. The number of ketones is 1. The van der Waals surface area contributed by atoms with E-state index in [9.17, 15) is 9.59 Å². The second-order valence-corrected chi connectivity index (χ2v) is 7.43. The summed E-state index contributed by atoms with van der Waals surface area (Å²) in [5.41, 5.74) is 2.14. The number of carbonyl (C=O) groups excluding carboxylic acids is 2. The average Bonchev–Trinajstić information content (AvgIpc) is 3.30. The molecule has 1 aliphatic heterocycles. The van der Waals surface area contributed by atoms with Gasteiger partial charge in [0.05, 0.1) is 26.5 Å². The zero-order valence-corrected chi connectivity index (χ0v) is 19.3. The van der Waals surface area contributed by atoms with Crippen LogP contribution in [-0.4, -0.2) is 58.8 Å². The molecule has 0 saturated carbocycles. The van der Waals surface area contributed by atoms with Gasteiger partial charge in [0.15, 0.2) is 35.4 Å². The number of hydrogen-bond acceptors (Lipinski definition) is 10. The molecule has 0 aromatic heterocycles. The highest BCUT2D eigenvalue weighted by atomic mass is 16.7. The van der Waals surface area contributed by atoms with E-state index in [1.807, 2.05) is 0 Å². The molecule has 1 aliphatic carbocycles. The predicted molar refractivity (Wildman–Crippen MR) is 119 cm³/mol. The minimum atomic E-state index is -0.523. The fraction of sp³-hybridized carbons (Fsp3) is 0.375. The predicted octanol–water partition coefficient (Wildman–Crippen LogP) is 3.10. The van der Waals surface area contributed by atoms with Crippen molar-refractivity contribution in [1.29, 1.82) is 0 Å². The van der Waals surface area contributed by atoms with Crippen molar-refractivity contribution in [3.05, 3.63) is 41.0 Å². The molecule has 180 valence electrons. The minimum absolute atomic E-state index is 0.106. The van der Waals surface area contributed by atoms with Gasteiger partial charge in [-0.2, -0.15) is 0 Å². The fourth-order valence-electron chi connectivity index (χ4n) is 4.05. The Morgan fingerprint density at radius 1 is 1.00 bits per heavy atom. The third-order valence-electron chi connectivity index (χ3n) is 5.54. The molecular weight excluding hydrogens is 446 g/mol. The van der Waals surface area contributed by atoms with Gasteiger partial charge in [0.1, 0.15) is 12.9 Å². The molecule has 0 N–H and O–H groups in total. The van der Waals surface area contributed by atoms with Crippen molar-refractivity contribution in [2.24, 2.45) is 5.16 Å². The van der Waals surface area contributed by atoms with E-state index in [1.165, 1.54) is 14.2 Å². The first-order valence-electron chi connectivity index (χ1n) is 10.6. The highest BCUT2D eigenvalue weighted by Crippen LogP contribution is 2.45. The molecule has 0 radical (unpaired) electrons. The molecule has 10 heteroatoms. The van der Waals surface area contributed by atoms with E-state index in [4.69, 9.17) is 33.3 Å². The maximum Gasteiger partial charge on any atom is 0.344 e. The van der Waals surface area contributed by atoms with Crippen LogP contribution < -0.4 is 23.7 Å². The number of benzene rings is 2. The quantitative estimate of drug-likeness (QED) is 0.423. The SMILES string of the molecule is CCOC(=O)COc1cc2c(cc1OC)C(=NOC)C(c1cc3c(cc1OC)OCO3)CC2=O. The van der Waals surface area contributed by atoms with Crippen LogP contribution in [0.3, 0.4) is 0 Å². The molecule has 34 heavy (non-hydrogen) atoms. The van der Waals surface area contributed by atoms with Crippen molar-refractivity contribution < 1.29 is 42.8 Å². The van der Waals surface area contributed by atoms with Crippen LogP contribution in [0.1, 0.15) is 40.7 Å². The Bertz CT molecular complexity index is 1140. The summed E-state index contributed by atoms with van der Waals surface area (Å²) >= 11 is 0. The third-order valence-corrected chi connectivity index (χ3v) is 5.54. The molecule has 0 saturated heterocycles. The lowest BCUT2D eigenvalue weighted by Crippen LogP contribution is -2.27. The van der Waals surface area contributed by atoms with Gasteiger partial charge in [-0.25, -0.2) is 4.79 Å². The van der Waals surface area contributed by atoms with Crippen LogP contribution in [-0.2, 0) is 14.4 Å². The van der Waals surface area contributed by atoms with Gasteiger partial charge in [0, 0.05) is 35.1 Å². The number of carbonyl (C=O) groups is 2. The maximum atomic E-state index is 13.3. The number of nitrogens with zero attached hydrogens (tertiary/aromatic N) is 1. The number of rotatable bonds is 8. The monoisotopic (exact) mass is 471 g/mol. The highest BCUT2D eigenvalue weighted by molar-refractivity contribution is 6.19. The third kappa shape index (κ3) is 4.30. The molecule has 0 fully saturated rings. The van der Waals surface area contributed by atoms with Crippen LogP contribution >= 0.6 is 0 Å². The number of hydrogen-bond donors (Lipinski definition) is 0. The maximum absolute atomic E-state index is 13.3. The number of methoxy groups -OCH3 is 2. The molecule has 1 heterocycles. The van der Waals surface area contributed by atoms with Crippen LogP contribution in [0.2, 0.25) is 0 Å². The molecule has 4 rings (SSSR count). The lowest BCUT2D eigenvalue weighted by molar-refractivity contribution is -0.145. The Morgan fingerprint density at radius 2 is 1.71 bits per heavy atom. The molecule has 0 spiro atoms. The van der Waals surface area contributed by atoms with E-state index in [0.29, 0.717) is 45.4 Å². The molecule has 2 aromatic rings. The van der Waals surface area contributed by atoms with Crippen molar-refractivity contribution in [3.8, 4) is 28.7 Å². The lowest BCUT2D eigenvalue weighted by atomic mass is 9.77. The summed E-state index contributed by atoms with van der Waals surface area (Å²) in [7, 11) is 4.45. The van der Waals surface area contributed by atoms with Gasteiger partial charge in [-0.1, -0.05) is 5.16 Å². The summed E-state index contributed by atoms with van der Waals surface area (Å²) in [5.74, 6) is 1.11. The van der Waals surface area contributed by atoms with Crippen LogP contribution in [0.5, 0.6) is 28.7 Å². The van der Waals surface area contributed by atoms with Crippen molar-refractivity contribution in [1.82, 2.24) is 0 Å². The van der Waals surface area contributed by atoms with Gasteiger partial charge < -0.3 is 33.3 Å². The first-order valence-corrected chi connectivity index (χ1v) is 10.6. The number of fused-ring (bicyclic) bond motifs is 2. The van der Waals surface area contributed by atoms with Gasteiger partial charge in [-0.3, -0.25) is 4.79 Å². The van der Waals surface area contributed by atoms with Crippen molar-refractivity contribution in [2.45, 2.75) is 19.3 Å². The second kappa shape index (κ2) is 9.90. The number of ether oxygens (including phenoxy) is 6. The van der Waals surface area contributed by atoms with E-state index >= 15 is 0 Å². The molecule has 1 atom stereocenters. The molecule has 1 unspecified atom stereocenters. The van der Waals surface area contributed by atoms with Crippen molar-refractivity contribution in [2.75, 3.05) is 41.3 Å². The standard InChI is InChI=1S/C24H25NO9/c1-5-31-23(27)11-32-20-7-13-16(9-19(20)29-3)24(25-30-4)15(6-17(13)26)14-8-21-22(34-12-33-21)10-18(14)28-2/h7-10,15H,5-6,11-12H2,1-4H3. The smallest absolute Gasteiger partial charge is 0.344 e. The average molecular weight is 471 g/mol. The molecule has 2 aliphatic rings. The molecule has 0 bridgehead atoms. The Kier molecular flexibility index (Phi) is 6.76. The Balaban J connectivity index is 1.77. The topological polar surface area (TPSA) is 111 Å². The lowest BCUT2D eigenvalue weighted by Gasteiger charge is -2.27. The van der Waals surface area contributed by atoms with E-state index in [2.05, 4.69) is 5.16 Å². The van der Waals surface area contributed by atoms with Crippen molar-refractivity contribution >= 4 is 17.5 Å². The summed E-state index contributed by atoms with van der Waals surface area (Å²) < 4.78 is 32.5. The largest absolute Gasteiger partial charge is 0.496 e. The first kappa shape index (κ1) is 23.2. The van der Waals surface area contributed by atoms with E-state index in [1.54, 1.807) is 38.3 Å². The summed E-state index contributed by atoms with van der Waals surface area (Å²) in [6.45, 7) is 1.74. The summed E-state index contributed by atoms with van der Waals surface area (Å²) in [4.78, 5) is 30.1. The highest BCUT2D eigenvalue weighted by Gasteiger charge is 2.37. The molecule has 0 amide bonds. The Hall–Kier alpha value is -3.95. The molecule has 2 aromatic carbocycles. The zero-order valence-electron chi connectivity index (χ0n) is 19.3. The van der Waals surface area contributed by atoms with E-state index < -0.39 is 11.9 Å². The molecule has 10 nitrogen and oxygen atoms in total. The molecular formula is C24H25NO9. The number of esters is 1. The number of oxime groups is 1. The van der Waals surface area contributed by atoms with Gasteiger partial charge in [-0.05, 0) is 25.1 Å². The van der Waals surface area contributed by atoms with Gasteiger partial charge >= 0.3 is 5.97 Å². The van der Waals surface area contributed by atoms with E-state index in [0.717, 1.165) is 0 Å². The minimum Gasteiger partial charge on any atom is -0.496 e. The van der Waals surface area contributed by atoms with E-state index in [-0.39, 0.29) is 38.0 Å². The zero-order chi connectivity index (χ0) is 24.2. The normalized spacial score (nSPS) is 17.2. The summed E-state index contributed by atoms with van der Waals surface area (Å²) in [5, 5.41) is 4.26. The van der Waals surface area contributed by atoms with Crippen molar-refractivity contribution in [3.63, 3.8) is 0 Å². The van der Waals surface area contributed by atoms with Crippen LogP contribution in [0.25, 0.3) is 0 Å². The fourth-order valence-corrected chi connectivity index (χ4v) is 4.05. The van der Waals surface area contributed by atoms with Gasteiger partial charge in [0.25, 0.3) is 0 Å². The second-order valence-electron chi connectivity index (χ2n) is 7.43. The van der Waals surface area contributed by atoms with Crippen LogP contribution in [0.15, 0.2) is 29.4 Å². The van der Waals surface area contributed by atoms with Crippen LogP contribution in [0, 0.1) is 0 Å². The summed E-state index contributed by atoms with van der Waals surface area (Å²) in [6.07, 6.45) is 0.106. The van der Waals surface area contributed by atoms with Gasteiger partial charge in [0.2, 0.25) is 6.79 Å². The first-order chi connectivity index (χ1) is 16.5. The van der Waals surface area contributed by atoms with Gasteiger partial charge in [-0.15, -0.1) is 0 Å². The number of Topliss-reactive ketones (excluding diaryl/α,β-unsaturated/α-hetero) is 1. The Labute approximate surface area is 196 Å². The summed E-state index contributed by atoms with van der Waals surface area (Å²) in [6, 6.07) is 6.73. The van der Waals surface area contributed by atoms with Crippen LogP contribution in [0.4, 0.5) is 0 Å².